The van der Waals surface area contributed by atoms with Crippen molar-refractivity contribution in [3.8, 4) is 0 Å². The Morgan fingerprint density at radius 1 is 1.60 bits per heavy atom. The maximum Gasteiger partial charge on any atom is 0.251 e. The summed E-state index contributed by atoms with van der Waals surface area (Å²) >= 11 is 0. The normalized spacial score (nSPS) is 25.4. The zero-order valence-corrected chi connectivity index (χ0v) is 11.8. The molecule has 1 fully saturated rings. The van der Waals surface area contributed by atoms with Crippen LogP contribution < -0.4 is 16.4 Å². The molecule has 0 saturated carbocycles. The van der Waals surface area contributed by atoms with Crippen LogP contribution in [0.15, 0.2) is 18.2 Å². The van der Waals surface area contributed by atoms with Crippen molar-refractivity contribution in [1.29, 1.82) is 0 Å². The average Bonchev–Trinajstić information content (AvgIpc) is 2.76. The standard InChI is InChI=1S/C14H21N3O3/c1-9-14(19,5-6-20-9)8-17-12-4-3-10(7-11(12)15)13(18)16-2/h3-4,7,9,17,19H,5-6,8,15H2,1-2H3,(H,16,18). The highest BCUT2D eigenvalue weighted by Gasteiger charge is 2.39. The van der Waals surface area contributed by atoms with Crippen LogP contribution in [-0.2, 0) is 4.74 Å². The lowest BCUT2D eigenvalue weighted by molar-refractivity contribution is -0.0175. The summed E-state index contributed by atoms with van der Waals surface area (Å²) in [6.45, 7) is 2.77. The third-order valence-electron chi connectivity index (χ3n) is 3.79. The first-order valence-corrected chi connectivity index (χ1v) is 6.66. The lowest BCUT2D eigenvalue weighted by atomic mass is 9.96. The van der Waals surface area contributed by atoms with Crippen LogP contribution >= 0.6 is 0 Å². The molecule has 0 aliphatic carbocycles. The number of ether oxygens (including phenoxy) is 1. The predicted molar refractivity (Wildman–Crippen MR) is 77.7 cm³/mol. The molecule has 0 spiro atoms. The van der Waals surface area contributed by atoms with Crippen LogP contribution in [0.2, 0.25) is 0 Å². The summed E-state index contributed by atoms with van der Waals surface area (Å²) in [6.07, 6.45) is 0.388. The van der Waals surface area contributed by atoms with E-state index in [0.29, 0.717) is 36.5 Å². The molecule has 5 N–H and O–H groups in total. The number of hydrogen-bond acceptors (Lipinski definition) is 5. The molecule has 6 nitrogen and oxygen atoms in total. The van der Waals surface area contributed by atoms with Gasteiger partial charge in [-0.2, -0.15) is 0 Å². The van der Waals surface area contributed by atoms with Crippen molar-refractivity contribution in [2.45, 2.75) is 25.0 Å². The maximum atomic E-state index is 11.5. The lowest BCUT2D eigenvalue weighted by Crippen LogP contribution is -2.43. The first-order valence-electron chi connectivity index (χ1n) is 6.66. The van der Waals surface area contributed by atoms with E-state index in [9.17, 15) is 9.90 Å². The van der Waals surface area contributed by atoms with Crippen LogP contribution in [-0.4, -0.2) is 42.9 Å². The summed E-state index contributed by atoms with van der Waals surface area (Å²) in [5.74, 6) is -0.181. The van der Waals surface area contributed by atoms with Crippen molar-refractivity contribution >= 4 is 17.3 Å². The van der Waals surface area contributed by atoms with Gasteiger partial charge in [0.25, 0.3) is 5.91 Å². The van der Waals surface area contributed by atoms with Gasteiger partial charge < -0.3 is 26.2 Å². The summed E-state index contributed by atoms with van der Waals surface area (Å²) < 4.78 is 5.38. The molecule has 1 aromatic carbocycles. The number of aliphatic hydroxyl groups is 1. The third-order valence-corrected chi connectivity index (χ3v) is 3.79. The van der Waals surface area contributed by atoms with Gasteiger partial charge in [0.2, 0.25) is 0 Å². The minimum Gasteiger partial charge on any atom is -0.397 e. The molecule has 1 aliphatic heterocycles. The number of nitrogens with two attached hydrogens (primary N) is 1. The van der Waals surface area contributed by atoms with E-state index in [2.05, 4.69) is 10.6 Å². The Hall–Kier alpha value is -1.79. The number of rotatable bonds is 4. The van der Waals surface area contributed by atoms with Crippen LogP contribution in [0.4, 0.5) is 11.4 Å². The van der Waals surface area contributed by atoms with Crippen LogP contribution in [0.5, 0.6) is 0 Å². The summed E-state index contributed by atoms with van der Waals surface area (Å²) in [6, 6.07) is 5.04. The fourth-order valence-corrected chi connectivity index (χ4v) is 2.26. The molecule has 2 rings (SSSR count). The van der Waals surface area contributed by atoms with Gasteiger partial charge >= 0.3 is 0 Å². The number of anilines is 2. The van der Waals surface area contributed by atoms with Gasteiger partial charge in [0.05, 0.1) is 17.5 Å². The Morgan fingerprint density at radius 2 is 2.35 bits per heavy atom. The molecule has 0 radical (unpaired) electrons. The topological polar surface area (TPSA) is 96.6 Å². The number of carbonyl (C=O) groups is 1. The average molecular weight is 279 g/mol. The largest absolute Gasteiger partial charge is 0.397 e. The molecule has 1 aliphatic rings. The minimum absolute atomic E-state index is 0.181. The van der Waals surface area contributed by atoms with Crippen LogP contribution in [0, 0.1) is 0 Å². The zero-order valence-electron chi connectivity index (χ0n) is 11.8. The van der Waals surface area contributed by atoms with E-state index in [1.54, 1.807) is 25.2 Å². The zero-order chi connectivity index (χ0) is 14.8. The number of benzene rings is 1. The van der Waals surface area contributed by atoms with Gasteiger partial charge in [-0.1, -0.05) is 0 Å². The van der Waals surface area contributed by atoms with Gasteiger partial charge in [0, 0.05) is 32.2 Å². The number of nitrogens with one attached hydrogen (secondary N) is 2. The molecule has 1 aromatic rings. The first-order chi connectivity index (χ1) is 9.46. The summed E-state index contributed by atoms with van der Waals surface area (Å²) in [5.41, 5.74) is 6.72. The molecule has 0 bridgehead atoms. The van der Waals surface area contributed by atoms with Gasteiger partial charge in [0.15, 0.2) is 0 Å². The van der Waals surface area contributed by atoms with Crippen LogP contribution in [0.25, 0.3) is 0 Å². The van der Waals surface area contributed by atoms with Crippen molar-refractivity contribution in [3.05, 3.63) is 23.8 Å². The SMILES string of the molecule is CNC(=O)c1ccc(NCC2(O)CCOC2C)c(N)c1. The third kappa shape index (κ3) is 2.86. The Balaban J connectivity index is 2.05. The van der Waals surface area contributed by atoms with Gasteiger partial charge in [-0.15, -0.1) is 0 Å². The van der Waals surface area contributed by atoms with Gasteiger partial charge in [-0.3, -0.25) is 4.79 Å². The van der Waals surface area contributed by atoms with E-state index in [1.165, 1.54) is 0 Å². The van der Waals surface area contributed by atoms with Crippen LogP contribution in [0.3, 0.4) is 0 Å². The second-order valence-electron chi connectivity index (χ2n) is 5.10. The quantitative estimate of drug-likeness (QED) is 0.605. The van der Waals surface area contributed by atoms with E-state index in [4.69, 9.17) is 10.5 Å². The Labute approximate surface area is 118 Å². The first kappa shape index (κ1) is 14.6. The Kier molecular flexibility index (Phi) is 4.15. The fourth-order valence-electron chi connectivity index (χ4n) is 2.26. The highest BCUT2D eigenvalue weighted by molar-refractivity contribution is 5.95. The van der Waals surface area contributed by atoms with Gasteiger partial charge in [-0.25, -0.2) is 0 Å². The molecule has 0 aromatic heterocycles. The Bertz CT molecular complexity index is 506. The molecule has 1 saturated heterocycles. The molecule has 20 heavy (non-hydrogen) atoms. The van der Waals surface area contributed by atoms with Crippen LogP contribution in [0.1, 0.15) is 23.7 Å². The van der Waals surface area contributed by atoms with Crippen molar-refractivity contribution in [2.75, 3.05) is 31.2 Å². The predicted octanol–water partition coefficient (Wildman–Crippen LogP) is 0.580. The molecule has 1 amide bonds. The van der Waals surface area contributed by atoms with Crippen molar-refractivity contribution in [1.82, 2.24) is 5.32 Å². The highest BCUT2D eigenvalue weighted by atomic mass is 16.5. The van der Waals surface area contributed by atoms with Crippen molar-refractivity contribution < 1.29 is 14.6 Å². The number of nitrogen functional groups attached to an aromatic ring is 1. The van der Waals surface area contributed by atoms with E-state index >= 15 is 0 Å². The summed E-state index contributed by atoms with van der Waals surface area (Å²) in [7, 11) is 1.57. The molecule has 1 heterocycles. The molecule has 2 atom stereocenters. The summed E-state index contributed by atoms with van der Waals surface area (Å²) in [4.78, 5) is 11.5. The van der Waals surface area contributed by atoms with Crippen molar-refractivity contribution in [2.24, 2.45) is 0 Å². The minimum atomic E-state index is -0.883. The van der Waals surface area contributed by atoms with E-state index < -0.39 is 5.60 Å². The van der Waals surface area contributed by atoms with E-state index in [-0.39, 0.29) is 12.0 Å². The second kappa shape index (κ2) is 5.68. The monoisotopic (exact) mass is 279 g/mol. The van der Waals surface area contributed by atoms with E-state index in [1.807, 2.05) is 6.92 Å². The number of amides is 1. The van der Waals surface area contributed by atoms with Crippen molar-refractivity contribution in [3.63, 3.8) is 0 Å². The molecule has 110 valence electrons. The maximum absolute atomic E-state index is 11.5. The van der Waals surface area contributed by atoms with Gasteiger partial charge in [-0.05, 0) is 25.1 Å². The fraction of sp³-hybridized carbons (Fsp3) is 0.500. The molecule has 2 unspecified atom stereocenters. The Morgan fingerprint density at radius 3 is 2.90 bits per heavy atom. The number of carbonyl (C=O) groups excluding carboxylic acids is 1. The number of hydrogen-bond donors (Lipinski definition) is 4. The smallest absolute Gasteiger partial charge is 0.251 e. The summed E-state index contributed by atoms with van der Waals surface area (Å²) in [5, 5.41) is 16.1. The van der Waals surface area contributed by atoms with E-state index in [0.717, 1.165) is 0 Å². The molecular weight excluding hydrogens is 258 g/mol. The molecular formula is C14H21N3O3. The second-order valence-corrected chi connectivity index (χ2v) is 5.10. The molecule has 6 heteroatoms. The highest BCUT2D eigenvalue weighted by Crippen LogP contribution is 2.27. The lowest BCUT2D eigenvalue weighted by Gasteiger charge is -2.27. The van der Waals surface area contributed by atoms with Gasteiger partial charge in [0.1, 0.15) is 5.60 Å².